The predicted octanol–water partition coefficient (Wildman–Crippen LogP) is 2.12. The fraction of sp³-hybridized carbons (Fsp3) is 0.348. The van der Waals surface area contributed by atoms with Crippen molar-refractivity contribution < 1.29 is 18.3 Å². The lowest BCUT2D eigenvalue weighted by atomic mass is 10.0. The highest BCUT2D eigenvalue weighted by Gasteiger charge is 2.23. The number of halogens is 1. The van der Waals surface area contributed by atoms with Crippen LogP contribution < -0.4 is 16.4 Å². The maximum Gasteiger partial charge on any atom is 0.422 e. The summed E-state index contributed by atoms with van der Waals surface area (Å²) in [5, 5.41) is 15.4. The lowest BCUT2D eigenvalue weighted by molar-refractivity contribution is -0.132. The minimum absolute atomic E-state index is 0.296. The molecular weight excluding hydrogens is 415 g/mol. The summed E-state index contributed by atoms with van der Waals surface area (Å²) < 4.78 is 24.7. The summed E-state index contributed by atoms with van der Waals surface area (Å²) in [5.74, 6) is -1.03. The summed E-state index contributed by atoms with van der Waals surface area (Å²) in [4.78, 5) is 24.1. The Morgan fingerprint density at radius 2 is 2.06 bits per heavy atom. The maximum atomic E-state index is 13.2. The van der Waals surface area contributed by atoms with Crippen LogP contribution >= 0.6 is 0 Å². The van der Waals surface area contributed by atoms with E-state index in [1.165, 1.54) is 0 Å². The number of fused-ring (bicyclic) bond motifs is 1. The van der Waals surface area contributed by atoms with E-state index in [1.807, 2.05) is 24.3 Å². The molecule has 2 heterocycles. The van der Waals surface area contributed by atoms with Crippen molar-refractivity contribution in [3.8, 4) is 17.2 Å². The second kappa shape index (κ2) is 9.77. The standard InChI is InChI=1S/C23H23FN4O4/c24-14-28-19-11-17(6-7-20(19)32-23(28)30)16-4-2-15(3-5-16)10-18(12-25)27-22(29)21-13-26-8-1-9-31-21/h2-7,11,18,21,26H,1,8-10,13-14H2,(H,27,29)/t18-,21-/m0/s1. The van der Waals surface area contributed by atoms with E-state index in [1.54, 1.807) is 18.2 Å². The molecule has 2 atom stereocenters. The van der Waals surface area contributed by atoms with Crippen LogP contribution in [0.4, 0.5) is 4.39 Å². The van der Waals surface area contributed by atoms with Crippen LogP contribution in [0.2, 0.25) is 0 Å². The number of nitrogens with one attached hydrogen (secondary N) is 2. The molecule has 1 aliphatic rings. The number of aromatic nitrogens is 1. The lowest BCUT2D eigenvalue weighted by Gasteiger charge is -2.18. The second-order valence-electron chi connectivity index (χ2n) is 7.61. The Morgan fingerprint density at radius 3 is 2.81 bits per heavy atom. The number of rotatable bonds is 6. The van der Waals surface area contributed by atoms with Crippen molar-refractivity contribution >= 4 is 17.0 Å². The number of carbonyl (C=O) groups is 1. The van der Waals surface area contributed by atoms with Gasteiger partial charge in [0.15, 0.2) is 12.4 Å². The van der Waals surface area contributed by atoms with E-state index < -0.39 is 24.7 Å². The molecule has 32 heavy (non-hydrogen) atoms. The van der Waals surface area contributed by atoms with E-state index in [9.17, 15) is 19.2 Å². The van der Waals surface area contributed by atoms with Gasteiger partial charge in [-0.2, -0.15) is 5.26 Å². The Hall–Kier alpha value is -3.48. The SMILES string of the molecule is N#C[C@H](Cc1ccc(-c2ccc3oc(=O)n(CF)c3c2)cc1)NC(=O)[C@@H]1CNCCCO1. The highest BCUT2D eigenvalue weighted by atomic mass is 19.1. The molecule has 0 unspecified atom stereocenters. The second-order valence-corrected chi connectivity index (χ2v) is 7.61. The molecule has 0 bridgehead atoms. The topological polar surface area (TPSA) is 109 Å². The Kier molecular flexibility index (Phi) is 6.63. The van der Waals surface area contributed by atoms with Gasteiger partial charge in [0.25, 0.3) is 5.91 Å². The molecule has 0 saturated carbocycles. The molecule has 0 radical (unpaired) electrons. The largest absolute Gasteiger partial charge is 0.422 e. The van der Waals surface area contributed by atoms with Gasteiger partial charge in [0.05, 0.1) is 11.6 Å². The molecule has 2 N–H and O–H groups in total. The van der Waals surface area contributed by atoms with Crippen molar-refractivity contribution in [1.29, 1.82) is 5.26 Å². The highest BCUT2D eigenvalue weighted by molar-refractivity contribution is 5.82. The molecule has 3 aromatic rings. The van der Waals surface area contributed by atoms with Gasteiger partial charge in [0.1, 0.15) is 12.1 Å². The van der Waals surface area contributed by atoms with Gasteiger partial charge >= 0.3 is 5.76 Å². The average molecular weight is 438 g/mol. The minimum Gasteiger partial charge on any atom is -0.408 e. The number of hydrogen-bond donors (Lipinski definition) is 2. The molecule has 8 nitrogen and oxygen atoms in total. The summed E-state index contributed by atoms with van der Waals surface area (Å²) in [7, 11) is 0. The number of ether oxygens (including phenoxy) is 1. The lowest BCUT2D eigenvalue weighted by Crippen LogP contribution is -2.46. The van der Waals surface area contributed by atoms with Crippen molar-refractivity contribution in [2.24, 2.45) is 0 Å². The summed E-state index contributed by atoms with van der Waals surface area (Å²) in [5.41, 5.74) is 3.26. The van der Waals surface area contributed by atoms with Crippen LogP contribution in [0.25, 0.3) is 22.2 Å². The predicted molar refractivity (Wildman–Crippen MR) is 115 cm³/mol. The average Bonchev–Trinajstić information content (AvgIpc) is 2.96. The fourth-order valence-corrected chi connectivity index (χ4v) is 3.70. The van der Waals surface area contributed by atoms with E-state index in [4.69, 9.17) is 9.15 Å². The van der Waals surface area contributed by atoms with Crippen LogP contribution in [0.15, 0.2) is 51.7 Å². The van der Waals surface area contributed by atoms with Gasteiger partial charge in [0.2, 0.25) is 0 Å². The van der Waals surface area contributed by atoms with E-state index >= 15 is 0 Å². The Bertz CT molecular complexity index is 1190. The molecule has 1 amide bonds. The summed E-state index contributed by atoms with van der Waals surface area (Å²) >= 11 is 0. The molecular formula is C23H23FN4O4. The minimum atomic E-state index is -0.961. The van der Waals surface area contributed by atoms with Gasteiger partial charge in [0, 0.05) is 19.6 Å². The number of oxazole rings is 1. The third-order valence-electron chi connectivity index (χ3n) is 5.43. The molecule has 4 rings (SSSR count). The van der Waals surface area contributed by atoms with Crippen LogP contribution in [0.5, 0.6) is 0 Å². The smallest absolute Gasteiger partial charge is 0.408 e. The number of benzene rings is 2. The Balaban J connectivity index is 1.45. The molecule has 1 fully saturated rings. The van der Waals surface area contributed by atoms with Gasteiger partial charge in [-0.1, -0.05) is 30.3 Å². The first-order valence-electron chi connectivity index (χ1n) is 10.4. The van der Waals surface area contributed by atoms with Gasteiger partial charge in [-0.25, -0.2) is 13.8 Å². The number of alkyl halides is 1. The van der Waals surface area contributed by atoms with Gasteiger partial charge < -0.3 is 19.8 Å². The first-order valence-corrected chi connectivity index (χ1v) is 10.4. The molecule has 0 aliphatic carbocycles. The summed E-state index contributed by atoms with van der Waals surface area (Å²) in [6.07, 6.45) is 0.595. The maximum absolute atomic E-state index is 13.2. The molecule has 9 heteroatoms. The van der Waals surface area contributed by atoms with Crippen LogP contribution in [0, 0.1) is 11.3 Å². The van der Waals surface area contributed by atoms with Crippen molar-refractivity contribution in [3.63, 3.8) is 0 Å². The zero-order chi connectivity index (χ0) is 22.5. The first kappa shape index (κ1) is 21.7. The third kappa shape index (κ3) is 4.72. The summed E-state index contributed by atoms with van der Waals surface area (Å²) in [6, 6.07) is 14.1. The van der Waals surface area contributed by atoms with Crippen LogP contribution in [0.3, 0.4) is 0 Å². The third-order valence-corrected chi connectivity index (χ3v) is 5.43. The first-order chi connectivity index (χ1) is 15.6. The van der Waals surface area contributed by atoms with Crippen molar-refractivity contribution in [1.82, 2.24) is 15.2 Å². The van der Waals surface area contributed by atoms with Gasteiger partial charge in [-0.05, 0) is 41.8 Å². The Labute approximate surface area is 183 Å². The van der Waals surface area contributed by atoms with Gasteiger partial charge in [-0.15, -0.1) is 0 Å². The number of nitrogens with zero attached hydrogens (tertiary/aromatic N) is 2. The fourth-order valence-electron chi connectivity index (χ4n) is 3.70. The van der Waals surface area contributed by atoms with E-state index in [0.29, 0.717) is 30.7 Å². The van der Waals surface area contributed by atoms with Crippen molar-refractivity contribution in [2.45, 2.75) is 31.8 Å². The van der Waals surface area contributed by atoms with Crippen LogP contribution in [-0.2, 0) is 22.8 Å². The molecule has 1 aromatic heterocycles. The van der Waals surface area contributed by atoms with E-state index in [-0.39, 0.29) is 5.91 Å². The molecule has 166 valence electrons. The Morgan fingerprint density at radius 1 is 1.28 bits per heavy atom. The molecule has 2 aromatic carbocycles. The van der Waals surface area contributed by atoms with Gasteiger partial charge in [-0.3, -0.25) is 4.79 Å². The highest BCUT2D eigenvalue weighted by Crippen LogP contribution is 2.25. The van der Waals surface area contributed by atoms with E-state index in [2.05, 4.69) is 16.7 Å². The monoisotopic (exact) mass is 438 g/mol. The van der Waals surface area contributed by atoms with Crippen LogP contribution in [-0.4, -0.2) is 42.3 Å². The van der Waals surface area contributed by atoms with Crippen molar-refractivity contribution in [2.75, 3.05) is 19.7 Å². The zero-order valence-electron chi connectivity index (χ0n) is 17.3. The van der Waals surface area contributed by atoms with Crippen LogP contribution in [0.1, 0.15) is 12.0 Å². The quantitative estimate of drug-likeness (QED) is 0.610. The zero-order valence-corrected chi connectivity index (χ0v) is 17.3. The van der Waals surface area contributed by atoms with E-state index in [0.717, 1.165) is 34.2 Å². The summed E-state index contributed by atoms with van der Waals surface area (Å²) in [6.45, 7) is 0.778. The number of amides is 1. The number of hydrogen-bond acceptors (Lipinski definition) is 6. The normalized spacial score (nSPS) is 17.4. The number of carbonyl (C=O) groups excluding carboxylic acids is 1. The molecule has 0 spiro atoms. The number of nitriles is 1. The molecule has 1 aliphatic heterocycles. The molecule has 1 saturated heterocycles. The van der Waals surface area contributed by atoms with Crippen molar-refractivity contribution in [3.05, 3.63) is 58.6 Å².